The molecule has 0 spiro atoms. The first-order valence-electron chi connectivity index (χ1n) is 12.1. The van der Waals surface area contributed by atoms with Crippen molar-refractivity contribution < 1.29 is 68.7 Å². The van der Waals surface area contributed by atoms with E-state index in [-0.39, 0.29) is 5.75 Å². The minimum Gasteiger partial charge on any atom is -0.481 e. The highest BCUT2D eigenvalue weighted by atomic mass is 32.1. The second-order valence-electron chi connectivity index (χ2n) is 8.85. The number of carboxylic acid groups (broad SMARTS) is 5. The molecular formula is C21H33N7O14S. The van der Waals surface area contributed by atoms with Gasteiger partial charge in [0, 0.05) is 31.6 Å². The summed E-state index contributed by atoms with van der Waals surface area (Å²) in [6.07, 6.45) is -3.54. The van der Waals surface area contributed by atoms with E-state index < -0.39 is 122 Å². The molecule has 0 unspecified atom stereocenters. The molecule has 0 aliphatic carbocycles. The zero-order valence-electron chi connectivity index (χ0n) is 22.3. The Morgan fingerprint density at radius 2 is 1.30 bits per heavy atom. The van der Waals surface area contributed by atoms with Crippen molar-refractivity contribution in [3.05, 3.63) is 0 Å². The molecule has 14 N–H and O–H groups in total. The minimum atomic E-state index is -2.60. The fourth-order valence-electron chi connectivity index (χ4n) is 2.98. The van der Waals surface area contributed by atoms with Crippen LogP contribution in [0.1, 0.15) is 32.1 Å². The Morgan fingerprint density at radius 3 is 1.77 bits per heavy atom. The first kappa shape index (κ1) is 38.3. The molecule has 0 rings (SSSR count). The van der Waals surface area contributed by atoms with Crippen LogP contribution in [0, 0.1) is 0 Å². The molecular weight excluding hydrogens is 606 g/mol. The lowest BCUT2D eigenvalue weighted by Gasteiger charge is -2.27. The largest absolute Gasteiger partial charge is 0.481 e. The van der Waals surface area contributed by atoms with Gasteiger partial charge in [0.05, 0.1) is 6.42 Å². The van der Waals surface area contributed by atoms with Crippen molar-refractivity contribution >= 4 is 66.2 Å². The van der Waals surface area contributed by atoms with Gasteiger partial charge in [-0.3, -0.25) is 29.7 Å². The lowest BCUT2D eigenvalue weighted by Crippen LogP contribution is -2.64. The summed E-state index contributed by atoms with van der Waals surface area (Å²) in [4.78, 5) is 105. The number of thiol groups is 1. The molecule has 0 saturated heterocycles. The summed E-state index contributed by atoms with van der Waals surface area (Å²) in [5.41, 5.74) is 8.69. The first-order valence-corrected chi connectivity index (χ1v) is 12.7. The van der Waals surface area contributed by atoms with Gasteiger partial charge in [-0.1, -0.05) is 0 Å². The maximum atomic E-state index is 12.4. The Balaban J connectivity index is 5.11. The van der Waals surface area contributed by atoms with Gasteiger partial charge >= 0.3 is 35.9 Å². The summed E-state index contributed by atoms with van der Waals surface area (Å²) in [5, 5.41) is 55.0. The van der Waals surface area contributed by atoms with Crippen molar-refractivity contribution in [1.29, 1.82) is 0 Å². The van der Waals surface area contributed by atoms with Crippen LogP contribution in [0.5, 0.6) is 0 Å². The van der Waals surface area contributed by atoms with Gasteiger partial charge in [-0.15, -0.1) is 0 Å². The second kappa shape index (κ2) is 18.0. The molecule has 0 heterocycles. The Hall–Kier alpha value is -4.70. The van der Waals surface area contributed by atoms with Gasteiger partial charge in [0.1, 0.15) is 24.2 Å². The van der Waals surface area contributed by atoms with E-state index in [2.05, 4.69) is 17.9 Å². The van der Waals surface area contributed by atoms with Crippen molar-refractivity contribution in [2.24, 2.45) is 11.5 Å². The average molecular weight is 640 g/mol. The fraction of sp³-hybridized carbons (Fsp3) is 0.571. The highest BCUT2D eigenvalue weighted by Gasteiger charge is 2.37. The summed E-state index contributed by atoms with van der Waals surface area (Å²) in [5.74, 6) is -11.3. The number of aliphatic carboxylic acids is 5. The van der Waals surface area contributed by atoms with E-state index >= 15 is 0 Å². The number of urea groups is 1. The average Bonchev–Trinajstić information content (AvgIpc) is 2.89. The van der Waals surface area contributed by atoms with Crippen LogP contribution in [0.2, 0.25) is 0 Å². The van der Waals surface area contributed by atoms with Gasteiger partial charge < -0.3 is 57.9 Å². The Kier molecular flexibility index (Phi) is 16.0. The van der Waals surface area contributed by atoms with Crippen molar-refractivity contribution in [3.63, 3.8) is 0 Å². The van der Waals surface area contributed by atoms with Crippen LogP contribution in [0.25, 0.3) is 0 Å². The monoisotopic (exact) mass is 639 g/mol. The van der Waals surface area contributed by atoms with Crippen molar-refractivity contribution in [3.8, 4) is 0 Å². The smallest absolute Gasteiger partial charge is 0.344 e. The fourth-order valence-corrected chi connectivity index (χ4v) is 3.23. The topological polar surface area (TPSA) is 367 Å². The van der Waals surface area contributed by atoms with Crippen LogP contribution in [0.3, 0.4) is 0 Å². The minimum absolute atomic E-state index is 0.345. The van der Waals surface area contributed by atoms with E-state index in [0.29, 0.717) is 0 Å². The molecule has 0 aromatic heterocycles. The molecule has 0 bridgehead atoms. The number of amides is 5. The summed E-state index contributed by atoms with van der Waals surface area (Å²) in [6.45, 7) is -0.608. The van der Waals surface area contributed by atoms with E-state index in [1.165, 1.54) is 0 Å². The third-order valence-electron chi connectivity index (χ3n) is 5.38. The highest BCUT2D eigenvalue weighted by Crippen LogP contribution is 2.08. The van der Waals surface area contributed by atoms with E-state index in [4.69, 9.17) is 31.9 Å². The van der Waals surface area contributed by atoms with Gasteiger partial charge in [-0.2, -0.15) is 12.6 Å². The Bertz CT molecular complexity index is 1110. The zero-order valence-corrected chi connectivity index (χ0v) is 23.2. The number of hydrogen-bond donors (Lipinski definition) is 13. The maximum Gasteiger partial charge on any atom is 0.344 e. The number of nitrogens with one attached hydrogen (secondary N) is 5. The molecule has 0 radical (unpaired) electrons. The van der Waals surface area contributed by atoms with Gasteiger partial charge in [0.15, 0.2) is 5.66 Å². The number of nitrogens with two attached hydrogens (primary N) is 2. The van der Waals surface area contributed by atoms with Crippen LogP contribution in [0.4, 0.5) is 4.79 Å². The molecule has 0 fully saturated rings. The summed E-state index contributed by atoms with van der Waals surface area (Å²) >= 11 is 3.75. The molecule has 22 heteroatoms. The van der Waals surface area contributed by atoms with Crippen LogP contribution in [0.15, 0.2) is 0 Å². The van der Waals surface area contributed by atoms with Crippen molar-refractivity contribution in [2.45, 2.75) is 61.9 Å². The number of carbonyl (C=O) groups excluding carboxylic acids is 4. The Labute approximate surface area is 247 Å². The maximum absolute atomic E-state index is 12.4. The summed E-state index contributed by atoms with van der Waals surface area (Å²) < 4.78 is 0. The SMILES string of the molecule is N[C@@H](CNC(=O)CC[C@](N)(NC(=O)N[C@@H](CCC(=O)O)C(=O)O)C(=O)O)C(=O)N[C@@H](CC(=O)O)C(=O)N[C@@H](CS)C(=O)O. The number of rotatable bonds is 20. The molecule has 5 atom stereocenters. The first-order chi connectivity index (χ1) is 19.8. The molecule has 0 aliphatic rings. The van der Waals surface area contributed by atoms with Crippen LogP contribution in [-0.4, -0.2) is 121 Å². The van der Waals surface area contributed by atoms with Gasteiger partial charge in [0.25, 0.3) is 0 Å². The molecule has 0 aromatic carbocycles. The standard InChI is InChI=1S/C21H33N7O14S/c22-8(15(34)25-10(5-14(32)33)16(35)26-11(7-43)18(38)39)6-24-12(29)3-4-21(23,19(40)41)28-20(42)27-9(17(36)37)1-2-13(30)31/h8-11,43H,1-7,22-23H2,(H,24,29)(H,25,34)(H,26,35)(H,30,31)(H,32,33)(H,36,37)(H,38,39)(H,40,41)(H2,27,28,42)/t8-,9-,10-,11-,21-/m0/s1. The summed E-state index contributed by atoms with van der Waals surface area (Å²) in [7, 11) is 0. The lowest BCUT2D eigenvalue weighted by atomic mass is 10.0. The van der Waals surface area contributed by atoms with Gasteiger partial charge in [-0.25, -0.2) is 19.2 Å². The van der Waals surface area contributed by atoms with Crippen molar-refractivity contribution in [2.75, 3.05) is 12.3 Å². The van der Waals surface area contributed by atoms with Gasteiger partial charge in [0.2, 0.25) is 17.7 Å². The molecule has 242 valence electrons. The van der Waals surface area contributed by atoms with Gasteiger partial charge in [-0.05, 0) is 6.42 Å². The van der Waals surface area contributed by atoms with E-state index in [1.807, 2.05) is 16.0 Å². The molecule has 0 aromatic rings. The van der Waals surface area contributed by atoms with E-state index in [9.17, 15) is 48.3 Å². The zero-order chi connectivity index (χ0) is 33.5. The van der Waals surface area contributed by atoms with Crippen LogP contribution < -0.4 is 38.1 Å². The third kappa shape index (κ3) is 14.7. The molecule has 43 heavy (non-hydrogen) atoms. The summed E-state index contributed by atoms with van der Waals surface area (Å²) in [6, 6.07) is -7.89. The molecule has 0 saturated carbocycles. The number of carboxylic acids is 5. The third-order valence-corrected chi connectivity index (χ3v) is 5.74. The second-order valence-corrected chi connectivity index (χ2v) is 9.21. The normalized spacial score (nSPS) is 14.8. The van der Waals surface area contributed by atoms with E-state index in [1.54, 1.807) is 5.32 Å². The predicted octanol–water partition coefficient (Wildman–Crippen LogP) is -4.97. The predicted molar refractivity (Wildman–Crippen MR) is 142 cm³/mol. The quantitative estimate of drug-likeness (QED) is 0.0438. The highest BCUT2D eigenvalue weighted by molar-refractivity contribution is 7.80. The molecule has 0 aliphatic heterocycles. The van der Waals surface area contributed by atoms with Crippen molar-refractivity contribution in [1.82, 2.24) is 26.6 Å². The van der Waals surface area contributed by atoms with Crippen LogP contribution >= 0.6 is 12.6 Å². The Morgan fingerprint density at radius 1 is 0.744 bits per heavy atom. The number of carbonyl (C=O) groups is 9. The number of hydrogen-bond acceptors (Lipinski definition) is 12. The van der Waals surface area contributed by atoms with E-state index in [0.717, 1.165) is 0 Å². The molecule has 21 nitrogen and oxygen atoms in total. The molecule has 5 amide bonds. The van der Waals surface area contributed by atoms with Crippen LogP contribution in [-0.2, 0) is 38.4 Å². The lowest BCUT2D eigenvalue weighted by molar-refractivity contribution is -0.145.